The molecule has 0 aliphatic carbocycles. The molecule has 23 heavy (non-hydrogen) atoms. The second kappa shape index (κ2) is 7.27. The molecule has 2 atom stereocenters. The standard InChI is InChI=1S/C15H19FN4O2S/c1-11-5-6-13(16)14(8-11)20-15(17-18-19-20)10-23(21)9-12-4-2-3-7-22-12/h5-6,8,12H,2-4,7,9-10H2,1H3/t12-,23-/m0/s1. The number of aryl methyl sites for hydroxylation is 1. The van der Waals surface area contributed by atoms with Gasteiger partial charge in [-0.05, 0) is 54.3 Å². The molecule has 1 aliphatic heterocycles. The second-order valence-corrected chi connectivity index (χ2v) is 7.20. The first-order valence-corrected chi connectivity index (χ1v) is 9.12. The largest absolute Gasteiger partial charge is 0.377 e. The van der Waals surface area contributed by atoms with Crippen LogP contribution in [0.15, 0.2) is 18.2 Å². The molecule has 0 amide bonds. The highest BCUT2D eigenvalue weighted by Gasteiger charge is 2.20. The number of ether oxygens (including phenoxy) is 1. The van der Waals surface area contributed by atoms with E-state index < -0.39 is 16.6 Å². The molecular formula is C15H19FN4O2S. The molecule has 1 aliphatic rings. The van der Waals surface area contributed by atoms with E-state index in [4.69, 9.17) is 4.74 Å². The lowest BCUT2D eigenvalue weighted by atomic mass is 10.1. The molecule has 8 heteroatoms. The van der Waals surface area contributed by atoms with E-state index in [1.165, 1.54) is 10.7 Å². The van der Waals surface area contributed by atoms with Gasteiger partial charge in [0.2, 0.25) is 0 Å². The quantitative estimate of drug-likeness (QED) is 0.833. The molecule has 1 saturated heterocycles. The number of rotatable bonds is 5. The normalized spacial score (nSPS) is 19.7. The van der Waals surface area contributed by atoms with Crippen LogP contribution in [-0.2, 0) is 21.3 Å². The Morgan fingerprint density at radius 3 is 3.09 bits per heavy atom. The Hall–Kier alpha value is -1.67. The van der Waals surface area contributed by atoms with Crippen molar-refractivity contribution in [1.82, 2.24) is 20.2 Å². The van der Waals surface area contributed by atoms with Gasteiger partial charge in [-0.15, -0.1) is 5.10 Å². The summed E-state index contributed by atoms with van der Waals surface area (Å²) in [4.78, 5) is 0. The maximum atomic E-state index is 14.0. The number of hydrogen-bond acceptors (Lipinski definition) is 5. The molecule has 6 nitrogen and oxygen atoms in total. The third-order valence-corrected chi connectivity index (χ3v) is 5.12. The lowest BCUT2D eigenvalue weighted by Crippen LogP contribution is -2.26. The zero-order valence-corrected chi connectivity index (χ0v) is 13.8. The van der Waals surface area contributed by atoms with Crippen LogP contribution >= 0.6 is 0 Å². The van der Waals surface area contributed by atoms with Crippen molar-refractivity contribution in [3.63, 3.8) is 0 Å². The van der Waals surface area contributed by atoms with Crippen LogP contribution in [0.4, 0.5) is 4.39 Å². The SMILES string of the molecule is Cc1ccc(F)c(-n2nnnc2C[S@@](=O)C[C@@H]2CCCCO2)c1. The van der Waals surface area contributed by atoms with E-state index in [9.17, 15) is 8.60 Å². The summed E-state index contributed by atoms with van der Waals surface area (Å²) < 4.78 is 33.3. The lowest BCUT2D eigenvalue weighted by molar-refractivity contribution is 0.0310. The van der Waals surface area contributed by atoms with Gasteiger partial charge >= 0.3 is 0 Å². The first-order chi connectivity index (χ1) is 11.1. The summed E-state index contributed by atoms with van der Waals surface area (Å²) >= 11 is 0. The van der Waals surface area contributed by atoms with Crippen LogP contribution in [0.2, 0.25) is 0 Å². The smallest absolute Gasteiger partial charge is 0.169 e. The zero-order valence-electron chi connectivity index (χ0n) is 12.9. The molecule has 1 fully saturated rings. The fourth-order valence-electron chi connectivity index (χ4n) is 2.62. The number of hydrogen-bond donors (Lipinski definition) is 0. The Morgan fingerprint density at radius 1 is 1.43 bits per heavy atom. The molecule has 0 radical (unpaired) electrons. The Kier molecular flexibility index (Phi) is 5.12. The maximum Gasteiger partial charge on any atom is 0.169 e. The van der Waals surface area contributed by atoms with Crippen molar-refractivity contribution in [2.45, 2.75) is 38.0 Å². The van der Waals surface area contributed by atoms with Crippen LogP contribution in [0.5, 0.6) is 0 Å². The van der Waals surface area contributed by atoms with Gasteiger partial charge in [0.25, 0.3) is 0 Å². The number of benzene rings is 1. The number of tetrazole rings is 1. The fraction of sp³-hybridized carbons (Fsp3) is 0.533. The maximum absolute atomic E-state index is 14.0. The van der Waals surface area contributed by atoms with Crippen molar-refractivity contribution < 1.29 is 13.3 Å². The zero-order chi connectivity index (χ0) is 16.2. The minimum atomic E-state index is -1.15. The van der Waals surface area contributed by atoms with Gasteiger partial charge < -0.3 is 4.74 Å². The summed E-state index contributed by atoms with van der Waals surface area (Å²) in [5, 5.41) is 11.3. The average Bonchev–Trinajstić information content (AvgIpc) is 2.98. The van der Waals surface area contributed by atoms with Crippen molar-refractivity contribution in [3.8, 4) is 5.69 Å². The average molecular weight is 338 g/mol. The summed E-state index contributed by atoms with van der Waals surface area (Å²) in [5.74, 6) is 0.623. The molecule has 0 N–H and O–H groups in total. The topological polar surface area (TPSA) is 69.9 Å². The van der Waals surface area contributed by atoms with E-state index in [1.54, 1.807) is 12.1 Å². The molecule has 124 valence electrons. The number of nitrogens with zero attached hydrogens (tertiary/aromatic N) is 4. The third-order valence-electron chi connectivity index (χ3n) is 3.80. The van der Waals surface area contributed by atoms with Crippen molar-refractivity contribution in [2.24, 2.45) is 0 Å². The van der Waals surface area contributed by atoms with Gasteiger partial charge in [0.1, 0.15) is 11.5 Å². The van der Waals surface area contributed by atoms with E-state index in [0.29, 0.717) is 11.6 Å². The first-order valence-electron chi connectivity index (χ1n) is 7.64. The molecule has 3 rings (SSSR count). The van der Waals surface area contributed by atoms with Crippen molar-refractivity contribution >= 4 is 10.8 Å². The molecule has 0 spiro atoms. The molecule has 1 aromatic carbocycles. The van der Waals surface area contributed by atoms with E-state index in [2.05, 4.69) is 15.5 Å². The summed E-state index contributed by atoms with van der Waals surface area (Å²) in [7, 11) is -1.15. The molecule has 0 saturated carbocycles. The third kappa shape index (κ3) is 4.00. The molecule has 0 unspecified atom stereocenters. The Balaban J connectivity index is 1.73. The van der Waals surface area contributed by atoms with E-state index in [0.717, 1.165) is 31.4 Å². The monoisotopic (exact) mass is 338 g/mol. The molecule has 1 aromatic heterocycles. The van der Waals surface area contributed by atoms with Crippen LogP contribution in [0.1, 0.15) is 30.7 Å². The van der Waals surface area contributed by atoms with Crippen LogP contribution in [0, 0.1) is 12.7 Å². The number of aromatic nitrogens is 4. The highest BCUT2D eigenvalue weighted by Crippen LogP contribution is 2.17. The van der Waals surface area contributed by atoms with Crippen LogP contribution in [0.25, 0.3) is 5.69 Å². The molecule has 0 bridgehead atoms. The second-order valence-electron chi connectivity index (χ2n) is 5.70. The minimum absolute atomic E-state index is 0.0321. The van der Waals surface area contributed by atoms with Crippen molar-refractivity contribution in [1.29, 1.82) is 0 Å². The molecular weight excluding hydrogens is 319 g/mol. The Bertz CT molecular complexity index is 701. The molecule has 2 heterocycles. The predicted molar refractivity (Wildman–Crippen MR) is 84.2 cm³/mol. The Labute approximate surface area is 136 Å². The summed E-state index contributed by atoms with van der Waals surface area (Å²) in [6, 6.07) is 4.73. The van der Waals surface area contributed by atoms with E-state index >= 15 is 0 Å². The van der Waals surface area contributed by atoms with Gasteiger partial charge in [-0.2, -0.15) is 4.68 Å². The van der Waals surface area contributed by atoms with Gasteiger partial charge in [-0.25, -0.2) is 4.39 Å². The van der Waals surface area contributed by atoms with Crippen molar-refractivity contribution in [2.75, 3.05) is 12.4 Å². The molecule has 2 aromatic rings. The summed E-state index contributed by atoms with van der Waals surface area (Å²) in [6.45, 7) is 2.60. The summed E-state index contributed by atoms with van der Waals surface area (Å²) in [6.07, 6.45) is 3.13. The minimum Gasteiger partial charge on any atom is -0.377 e. The van der Waals surface area contributed by atoms with Crippen LogP contribution < -0.4 is 0 Å². The fourth-order valence-corrected chi connectivity index (χ4v) is 3.88. The first kappa shape index (κ1) is 16.2. The van der Waals surface area contributed by atoms with Gasteiger partial charge in [-0.1, -0.05) is 6.07 Å². The highest BCUT2D eigenvalue weighted by atomic mass is 32.2. The van der Waals surface area contributed by atoms with Gasteiger partial charge in [0.05, 0.1) is 17.6 Å². The predicted octanol–water partition coefficient (Wildman–Crippen LogP) is 1.93. The van der Waals surface area contributed by atoms with Gasteiger partial charge in [0.15, 0.2) is 5.82 Å². The highest BCUT2D eigenvalue weighted by molar-refractivity contribution is 7.84. The summed E-state index contributed by atoms with van der Waals surface area (Å²) in [5.41, 5.74) is 1.18. The van der Waals surface area contributed by atoms with E-state index in [1.807, 2.05) is 6.92 Å². The lowest BCUT2D eigenvalue weighted by Gasteiger charge is -2.21. The number of halogens is 1. The van der Waals surface area contributed by atoms with Crippen molar-refractivity contribution in [3.05, 3.63) is 35.4 Å². The van der Waals surface area contributed by atoms with Gasteiger partial charge in [0, 0.05) is 17.4 Å². The van der Waals surface area contributed by atoms with Gasteiger partial charge in [-0.3, -0.25) is 4.21 Å². The van der Waals surface area contributed by atoms with Crippen LogP contribution in [-0.4, -0.2) is 42.9 Å². The Morgan fingerprint density at radius 2 is 2.30 bits per heavy atom. The van der Waals surface area contributed by atoms with E-state index in [-0.39, 0.29) is 17.5 Å². The van der Waals surface area contributed by atoms with Crippen LogP contribution in [0.3, 0.4) is 0 Å².